The first-order valence-electron chi connectivity index (χ1n) is 11.6. The number of thioether (sulfide) groups is 1. The fourth-order valence-corrected chi connectivity index (χ4v) is 5.59. The summed E-state index contributed by atoms with van der Waals surface area (Å²) in [7, 11) is 1.48. The van der Waals surface area contributed by atoms with Crippen molar-refractivity contribution in [3.05, 3.63) is 108 Å². The van der Waals surface area contributed by atoms with E-state index in [1.807, 2.05) is 54.6 Å². The van der Waals surface area contributed by atoms with E-state index in [-0.39, 0.29) is 6.42 Å². The third-order valence-corrected chi connectivity index (χ3v) is 7.26. The molecule has 0 heterocycles. The number of hydrogen-bond acceptors (Lipinski definition) is 4. The number of aliphatic carboxylic acids is 1. The van der Waals surface area contributed by atoms with E-state index in [2.05, 4.69) is 36.4 Å². The maximum absolute atomic E-state index is 12.6. The summed E-state index contributed by atoms with van der Waals surface area (Å²) in [6.07, 6.45) is -0.375. The van der Waals surface area contributed by atoms with Gasteiger partial charge in [0.2, 0.25) is 0 Å². The second kappa shape index (κ2) is 11.5. The molecule has 3 aromatic rings. The van der Waals surface area contributed by atoms with Crippen LogP contribution in [0.5, 0.6) is 0 Å². The van der Waals surface area contributed by atoms with Gasteiger partial charge in [0.15, 0.2) is 0 Å². The molecule has 0 fully saturated rings. The van der Waals surface area contributed by atoms with E-state index in [0.29, 0.717) is 5.75 Å². The lowest BCUT2D eigenvalue weighted by Gasteiger charge is -2.36. The van der Waals surface area contributed by atoms with Gasteiger partial charge in [0.1, 0.15) is 11.6 Å². The van der Waals surface area contributed by atoms with Gasteiger partial charge in [-0.1, -0.05) is 91.0 Å². The zero-order valence-corrected chi connectivity index (χ0v) is 21.5. The molecule has 1 N–H and O–H groups in total. The van der Waals surface area contributed by atoms with E-state index in [0.717, 1.165) is 16.7 Å². The van der Waals surface area contributed by atoms with Gasteiger partial charge in [0.25, 0.3) is 0 Å². The summed E-state index contributed by atoms with van der Waals surface area (Å²) < 4.78 is 4.86. The number of carbonyl (C=O) groups excluding carboxylic acids is 1. The van der Waals surface area contributed by atoms with E-state index in [4.69, 9.17) is 4.74 Å². The van der Waals surface area contributed by atoms with E-state index in [1.165, 1.54) is 11.9 Å². The molecule has 0 aromatic heterocycles. The van der Waals surface area contributed by atoms with Crippen LogP contribution < -0.4 is 0 Å². The molecule has 0 radical (unpaired) electrons. The molecular weight excluding hydrogens is 458 g/mol. The first-order chi connectivity index (χ1) is 16.6. The number of ether oxygens (including phenoxy) is 1. The van der Waals surface area contributed by atoms with E-state index < -0.39 is 28.5 Å². The van der Waals surface area contributed by atoms with Gasteiger partial charge < -0.3 is 9.84 Å². The Hall–Kier alpha value is -3.25. The molecule has 6 heteroatoms. The summed E-state index contributed by atoms with van der Waals surface area (Å²) in [6, 6.07) is 29.7. The monoisotopic (exact) mass is 491 g/mol. The Balaban J connectivity index is 1.95. The van der Waals surface area contributed by atoms with Crippen LogP contribution in [0.3, 0.4) is 0 Å². The van der Waals surface area contributed by atoms with Crippen molar-refractivity contribution in [2.45, 2.75) is 43.6 Å². The Kier molecular flexibility index (Phi) is 8.62. The van der Waals surface area contributed by atoms with E-state index >= 15 is 0 Å². The standard InChI is InChI=1S/C29H33NO4S/c1-28(2,3)34-27(33)30(4)25(26(31)32)20-21-35-29(22-14-8-5-9-15-22,23-16-10-6-11-17-23)24-18-12-7-13-19-24/h5-19,25H,20-21H2,1-4H3,(H,31,32)/t25-/m0/s1. The fraction of sp³-hybridized carbons (Fsp3) is 0.310. The van der Waals surface area contributed by atoms with Crippen molar-refractivity contribution in [2.75, 3.05) is 12.8 Å². The maximum atomic E-state index is 12.6. The highest BCUT2D eigenvalue weighted by Crippen LogP contribution is 2.48. The molecule has 0 saturated heterocycles. The minimum absolute atomic E-state index is 0.268. The second-order valence-corrected chi connectivity index (χ2v) is 10.7. The van der Waals surface area contributed by atoms with E-state index in [9.17, 15) is 14.7 Å². The van der Waals surface area contributed by atoms with Crippen molar-refractivity contribution >= 4 is 23.8 Å². The van der Waals surface area contributed by atoms with Gasteiger partial charge in [-0.25, -0.2) is 9.59 Å². The second-order valence-electron chi connectivity index (χ2n) is 9.36. The van der Waals surface area contributed by atoms with E-state index in [1.54, 1.807) is 32.5 Å². The molecule has 0 aliphatic carbocycles. The first kappa shape index (κ1) is 26.4. The molecule has 0 unspecified atom stereocenters. The Morgan fingerprint density at radius 2 is 1.23 bits per heavy atom. The molecule has 0 spiro atoms. The van der Waals surface area contributed by atoms with Gasteiger partial charge in [-0.05, 0) is 49.6 Å². The van der Waals surface area contributed by atoms with Crippen LogP contribution in [0.4, 0.5) is 4.79 Å². The Bertz CT molecular complexity index is 1000. The number of likely N-dealkylation sites (N-methyl/N-ethyl adjacent to an activating group) is 1. The molecule has 35 heavy (non-hydrogen) atoms. The minimum Gasteiger partial charge on any atom is -0.480 e. The topological polar surface area (TPSA) is 66.8 Å². The number of carboxylic acids is 1. The lowest BCUT2D eigenvalue weighted by molar-refractivity contribution is -0.142. The molecule has 0 aliphatic rings. The van der Waals surface area contributed by atoms with Gasteiger partial charge in [-0.15, -0.1) is 11.8 Å². The van der Waals surface area contributed by atoms with Crippen LogP contribution in [0.2, 0.25) is 0 Å². The van der Waals surface area contributed by atoms with Crippen molar-refractivity contribution in [2.24, 2.45) is 0 Å². The van der Waals surface area contributed by atoms with Crippen molar-refractivity contribution < 1.29 is 19.4 Å². The van der Waals surface area contributed by atoms with Crippen LogP contribution in [-0.4, -0.2) is 46.5 Å². The van der Waals surface area contributed by atoms with Crippen LogP contribution in [0.15, 0.2) is 91.0 Å². The van der Waals surface area contributed by atoms with Crippen LogP contribution in [0.25, 0.3) is 0 Å². The number of nitrogens with zero attached hydrogens (tertiary/aromatic N) is 1. The summed E-state index contributed by atoms with van der Waals surface area (Å²) in [5.74, 6) is -0.549. The van der Waals surface area contributed by atoms with Crippen LogP contribution in [0, 0.1) is 0 Å². The Morgan fingerprint density at radius 1 is 0.829 bits per heavy atom. The molecular formula is C29H33NO4S. The molecule has 0 aliphatic heterocycles. The number of hydrogen-bond donors (Lipinski definition) is 1. The van der Waals surface area contributed by atoms with Crippen LogP contribution in [-0.2, 0) is 14.3 Å². The maximum Gasteiger partial charge on any atom is 0.410 e. The number of rotatable bonds is 9. The molecule has 184 valence electrons. The van der Waals surface area contributed by atoms with Gasteiger partial charge in [0, 0.05) is 7.05 Å². The van der Waals surface area contributed by atoms with Crippen molar-refractivity contribution in [3.63, 3.8) is 0 Å². The molecule has 5 nitrogen and oxygen atoms in total. The highest BCUT2D eigenvalue weighted by atomic mass is 32.2. The largest absolute Gasteiger partial charge is 0.480 e. The Morgan fingerprint density at radius 3 is 1.57 bits per heavy atom. The molecule has 3 aromatic carbocycles. The molecule has 0 saturated carbocycles. The summed E-state index contributed by atoms with van der Waals surface area (Å²) in [4.78, 5) is 25.9. The first-order valence-corrected chi connectivity index (χ1v) is 12.6. The number of benzene rings is 3. The average molecular weight is 492 g/mol. The predicted octanol–water partition coefficient (Wildman–Crippen LogP) is 6.42. The molecule has 1 amide bonds. The Labute approximate surface area is 212 Å². The summed E-state index contributed by atoms with van der Waals surface area (Å²) >= 11 is 1.67. The third-order valence-electron chi connectivity index (χ3n) is 5.68. The summed E-state index contributed by atoms with van der Waals surface area (Å²) in [5.41, 5.74) is 2.62. The average Bonchev–Trinajstić information content (AvgIpc) is 2.84. The fourth-order valence-electron chi connectivity index (χ4n) is 4.04. The minimum atomic E-state index is -1.05. The molecule has 3 rings (SSSR count). The number of carbonyl (C=O) groups is 2. The smallest absolute Gasteiger partial charge is 0.410 e. The zero-order valence-electron chi connectivity index (χ0n) is 20.7. The molecule has 1 atom stereocenters. The highest BCUT2D eigenvalue weighted by Gasteiger charge is 2.38. The predicted molar refractivity (Wildman–Crippen MR) is 142 cm³/mol. The number of amides is 1. The molecule has 0 bridgehead atoms. The number of carboxylic acid groups (broad SMARTS) is 1. The van der Waals surface area contributed by atoms with Gasteiger partial charge in [0.05, 0.1) is 4.75 Å². The lowest BCUT2D eigenvalue weighted by Crippen LogP contribution is -2.45. The van der Waals surface area contributed by atoms with Crippen LogP contribution in [0.1, 0.15) is 43.9 Å². The normalized spacial score (nSPS) is 12.6. The summed E-state index contributed by atoms with van der Waals surface area (Å²) in [5, 5.41) is 9.91. The van der Waals surface area contributed by atoms with Crippen molar-refractivity contribution in [3.8, 4) is 0 Å². The van der Waals surface area contributed by atoms with Gasteiger partial charge in [-0.2, -0.15) is 0 Å². The quantitative estimate of drug-likeness (QED) is 0.350. The van der Waals surface area contributed by atoms with Crippen molar-refractivity contribution in [1.82, 2.24) is 4.90 Å². The SMILES string of the molecule is CN(C(=O)OC(C)(C)C)[C@@H](CCSC(c1ccccc1)(c1ccccc1)c1ccccc1)C(=O)O. The third kappa shape index (κ3) is 6.45. The van der Waals surface area contributed by atoms with Crippen LogP contribution >= 0.6 is 11.8 Å². The summed E-state index contributed by atoms with van der Waals surface area (Å²) in [6.45, 7) is 5.29. The van der Waals surface area contributed by atoms with Gasteiger partial charge >= 0.3 is 12.1 Å². The lowest BCUT2D eigenvalue weighted by atomic mass is 9.84. The van der Waals surface area contributed by atoms with Crippen molar-refractivity contribution in [1.29, 1.82) is 0 Å². The zero-order chi connectivity index (χ0) is 25.5. The van der Waals surface area contributed by atoms with Gasteiger partial charge in [-0.3, -0.25) is 4.90 Å². The highest BCUT2D eigenvalue weighted by molar-refractivity contribution is 8.00.